The first-order chi connectivity index (χ1) is 15.4. The van der Waals surface area contributed by atoms with Crippen LogP contribution in [0.5, 0.6) is 5.75 Å². The highest BCUT2D eigenvalue weighted by atomic mass is 32.1. The maximum absolute atomic E-state index is 13.2. The Balaban J connectivity index is 1.44. The third-order valence-electron chi connectivity index (χ3n) is 5.77. The maximum Gasteiger partial charge on any atom is 0.265 e. The first kappa shape index (κ1) is 22.0. The number of ether oxygens (including phenoxy) is 1. The van der Waals surface area contributed by atoms with Crippen molar-refractivity contribution in [3.8, 4) is 16.3 Å². The molecule has 0 bridgehead atoms. The molecular formula is C25H27N3O3S. The summed E-state index contributed by atoms with van der Waals surface area (Å²) in [5.74, 6) is 0.608. The molecule has 0 unspecified atom stereocenters. The number of rotatable bonds is 4. The molecule has 1 fully saturated rings. The van der Waals surface area contributed by atoms with Gasteiger partial charge in [0.25, 0.3) is 11.8 Å². The molecule has 32 heavy (non-hydrogen) atoms. The minimum atomic E-state index is -0.0397. The van der Waals surface area contributed by atoms with Crippen molar-refractivity contribution in [1.29, 1.82) is 0 Å². The fourth-order valence-electron chi connectivity index (χ4n) is 3.96. The molecule has 166 valence electrons. The normalized spacial score (nSPS) is 13.9. The van der Waals surface area contributed by atoms with E-state index in [9.17, 15) is 9.59 Å². The van der Waals surface area contributed by atoms with Crippen molar-refractivity contribution >= 4 is 23.2 Å². The predicted molar refractivity (Wildman–Crippen MR) is 127 cm³/mol. The molecule has 0 N–H and O–H groups in total. The molecule has 0 saturated carbocycles. The highest BCUT2D eigenvalue weighted by molar-refractivity contribution is 7.17. The zero-order valence-electron chi connectivity index (χ0n) is 18.8. The summed E-state index contributed by atoms with van der Waals surface area (Å²) < 4.78 is 5.22. The number of carbonyl (C=O) groups is 2. The first-order valence-electron chi connectivity index (χ1n) is 10.6. The maximum atomic E-state index is 13.2. The Kier molecular flexibility index (Phi) is 6.28. The number of hydrogen-bond donors (Lipinski definition) is 0. The number of carbonyl (C=O) groups excluding carboxylic acids is 2. The standard InChI is InChI=1S/C25H27N3O3S/c1-16-8-9-21(17(2)14-16)23-26-18(3)22(32-23)25(30)28-12-10-27(11-13-28)24(29)19-6-5-7-20(15-19)31-4/h5-9,14-15H,10-13H2,1-4H3. The molecular weight excluding hydrogens is 422 g/mol. The Labute approximate surface area is 192 Å². The van der Waals surface area contributed by atoms with E-state index in [-0.39, 0.29) is 11.8 Å². The van der Waals surface area contributed by atoms with Crippen molar-refractivity contribution < 1.29 is 14.3 Å². The number of hydrogen-bond acceptors (Lipinski definition) is 5. The van der Waals surface area contributed by atoms with Crippen LogP contribution in [0.15, 0.2) is 42.5 Å². The van der Waals surface area contributed by atoms with Crippen LogP contribution in [0.2, 0.25) is 0 Å². The number of benzene rings is 2. The summed E-state index contributed by atoms with van der Waals surface area (Å²) in [6.07, 6.45) is 0. The summed E-state index contributed by atoms with van der Waals surface area (Å²) in [5.41, 5.74) is 4.78. The smallest absolute Gasteiger partial charge is 0.265 e. The minimum absolute atomic E-state index is 0.00973. The Morgan fingerprint density at radius 1 is 0.938 bits per heavy atom. The molecule has 2 aromatic carbocycles. The Bertz CT molecular complexity index is 1160. The molecule has 0 aliphatic carbocycles. The molecule has 1 aliphatic heterocycles. The van der Waals surface area contributed by atoms with Gasteiger partial charge in [-0.15, -0.1) is 11.3 Å². The van der Waals surface area contributed by atoms with Crippen molar-refractivity contribution in [1.82, 2.24) is 14.8 Å². The van der Waals surface area contributed by atoms with Gasteiger partial charge in [0.15, 0.2) is 0 Å². The summed E-state index contributed by atoms with van der Waals surface area (Å²) in [4.78, 5) is 35.0. The Morgan fingerprint density at radius 3 is 2.28 bits per heavy atom. The summed E-state index contributed by atoms with van der Waals surface area (Å²) in [7, 11) is 1.58. The molecule has 1 aliphatic rings. The third-order valence-corrected chi connectivity index (χ3v) is 6.95. The van der Waals surface area contributed by atoms with Gasteiger partial charge in [-0.25, -0.2) is 4.98 Å². The van der Waals surface area contributed by atoms with E-state index in [0.29, 0.717) is 42.4 Å². The molecule has 1 aromatic heterocycles. The van der Waals surface area contributed by atoms with Crippen molar-refractivity contribution in [2.45, 2.75) is 20.8 Å². The molecule has 2 heterocycles. The van der Waals surface area contributed by atoms with Crippen LogP contribution in [0.4, 0.5) is 0 Å². The SMILES string of the molecule is COc1cccc(C(=O)N2CCN(C(=O)c3sc(-c4ccc(C)cc4C)nc3C)CC2)c1. The van der Waals surface area contributed by atoms with E-state index in [4.69, 9.17) is 4.74 Å². The second kappa shape index (κ2) is 9.12. The highest BCUT2D eigenvalue weighted by Gasteiger charge is 2.28. The van der Waals surface area contributed by atoms with Gasteiger partial charge in [0.2, 0.25) is 0 Å². The summed E-state index contributed by atoms with van der Waals surface area (Å²) in [6.45, 7) is 8.04. The van der Waals surface area contributed by atoms with Crippen LogP contribution >= 0.6 is 11.3 Å². The van der Waals surface area contributed by atoms with E-state index in [2.05, 4.69) is 37.0 Å². The molecule has 0 spiro atoms. The van der Waals surface area contributed by atoms with Crippen LogP contribution in [0.3, 0.4) is 0 Å². The average molecular weight is 450 g/mol. The van der Waals surface area contributed by atoms with E-state index in [0.717, 1.165) is 21.8 Å². The van der Waals surface area contributed by atoms with Gasteiger partial charge < -0.3 is 14.5 Å². The summed E-state index contributed by atoms with van der Waals surface area (Å²) in [6, 6.07) is 13.4. The van der Waals surface area contributed by atoms with Gasteiger partial charge >= 0.3 is 0 Å². The van der Waals surface area contributed by atoms with Crippen LogP contribution in [-0.2, 0) is 0 Å². The van der Waals surface area contributed by atoms with Crippen LogP contribution in [0, 0.1) is 20.8 Å². The number of amides is 2. The van der Waals surface area contributed by atoms with Crippen LogP contribution in [0.1, 0.15) is 36.9 Å². The largest absolute Gasteiger partial charge is 0.497 e. The molecule has 1 saturated heterocycles. The summed E-state index contributed by atoms with van der Waals surface area (Å²) >= 11 is 1.45. The van der Waals surface area contributed by atoms with E-state index >= 15 is 0 Å². The molecule has 7 heteroatoms. The topological polar surface area (TPSA) is 62.7 Å². The second-order valence-electron chi connectivity index (χ2n) is 8.07. The van der Waals surface area contributed by atoms with Gasteiger partial charge in [0.1, 0.15) is 15.6 Å². The predicted octanol–water partition coefficient (Wildman–Crippen LogP) is 4.34. The number of piperazine rings is 1. The quantitative estimate of drug-likeness (QED) is 0.594. The number of thiazole rings is 1. The van der Waals surface area contributed by atoms with Gasteiger partial charge in [0.05, 0.1) is 12.8 Å². The van der Waals surface area contributed by atoms with Gasteiger partial charge in [-0.1, -0.05) is 29.8 Å². The molecule has 2 amide bonds. The number of methoxy groups -OCH3 is 1. The molecule has 0 radical (unpaired) electrons. The lowest BCUT2D eigenvalue weighted by Crippen LogP contribution is -2.50. The average Bonchev–Trinajstić information content (AvgIpc) is 3.19. The monoisotopic (exact) mass is 449 g/mol. The minimum Gasteiger partial charge on any atom is -0.497 e. The van der Waals surface area contributed by atoms with Crippen LogP contribution in [0.25, 0.3) is 10.6 Å². The lowest BCUT2D eigenvalue weighted by Gasteiger charge is -2.34. The first-order valence-corrected chi connectivity index (χ1v) is 11.5. The fourth-order valence-corrected chi connectivity index (χ4v) is 5.08. The molecule has 0 atom stereocenters. The third kappa shape index (κ3) is 4.39. The van der Waals surface area contributed by atoms with Crippen molar-refractivity contribution in [2.24, 2.45) is 0 Å². The highest BCUT2D eigenvalue weighted by Crippen LogP contribution is 2.31. The zero-order chi connectivity index (χ0) is 22.8. The second-order valence-corrected chi connectivity index (χ2v) is 9.07. The van der Waals surface area contributed by atoms with Gasteiger partial charge in [0, 0.05) is 37.3 Å². The fraction of sp³-hybridized carbons (Fsp3) is 0.320. The van der Waals surface area contributed by atoms with Gasteiger partial charge in [-0.2, -0.15) is 0 Å². The van der Waals surface area contributed by atoms with Crippen LogP contribution in [-0.4, -0.2) is 59.9 Å². The lowest BCUT2D eigenvalue weighted by molar-refractivity contribution is 0.0537. The lowest BCUT2D eigenvalue weighted by atomic mass is 10.1. The number of aryl methyl sites for hydroxylation is 3. The molecule has 4 rings (SSSR count). The zero-order valence-corrected chi connectivity index (χ0v) is 19.7. The van der Waals surface area contributed by atoms with Crippen molar-refractivity contribution in [3.63, 3.8) is 0 Å². The van der Waals surface area contributed by atoms with E-state index < -0.39 is 0 Å². The van der Waals surface area contributed by atoms with Crippen molar-refractivity contribution in [2.75, 3.05) is 33.3 Å². The number of nitrogens with zero attached hydrogens (tertiary/aromatic N) is 3. The molecule has 3 aromatic rings. The molecule has 6 nitrogen and oxygen atoms in total. The Morgan fingerprint density at radius 2 is 1.62 bits per heavy atom. The van der Waals surface area contributed by atoms with Gasteiger partial charge in [-0.3, -0.25) is 9.59 Å². The van der Waals surface area contributed by atoms with E-state index in [1.54, 1.807) is 24.1 Å². The van der Waals surface area contributed by atoms with Crippen molar-refractivity contribution in [3.05, 3.63) is 69.7 Å². The van der Waals surface area contributed by atoms with E-state index in [1.807, 2.05) is 24.0 Å². The number of aromatic nitrogens is 1. The summed E-state index contributed by atoms with van der Waals surface area (Å²) in [5, 5.41) is 0.871. The Hall–Kier alpha value is -3.19. The van der Waals surface area contributed by atoms with Gasteiger partial charge in [-0.05, 0) is 44.5 Å². The van der Waals surface area contributed by atoms with Crippen LogP contribution < -0.4 is 4.74 Å². The van der Waals surface area contributed by atoms with E-state index in [1.165, 1.54) is 16.9 Å².